The Balaban J connectivity index is 0.00000171. The summed E-state index contributed by atoms with van der Waals surface area (Å²) >= 11 is 0. The number of hydrogen-bond donors (Lipinski definition) is 0. The van der Waals surface area contributed by atoms with E-state index in [0.717, 1.165) is 44.9 Å². The zero-order chi connectivity index (χ0) is 19.7. The molecule has 0 radical (unpaired) electrons. The third-order valence-corrected chi connectivity index (χ3v) is 5.95. The number of hydrogen-bond acceptors (Lipinski definition) is 4. The maximum atomic E-state index is 5.75. The average Bonchev–Trinajstić information content (AvgIpc) is 3.31. The van der Waals surface area contributed by atoms with Gasteiger partial charge in [-0.15, -0.1) is 24.8 Å². The molecule has 0 spiro atoms. The van der Waals surface area contributed by atoms with Gasteiger partial charge in [-0.05, 0) is 36.9 Å². The minimum atomic E-state index is 0. The van der Waals surface area contributed by atoms with Crippen molar-refractivity contribution in [2.75, 3.05) is 46.1 Å². The van der Waals surface area contributed by atoms with E-state index in [1.165, 1.54) is 30.5 Å². The van der Waals surface area contributed by atoms with Crippen molar-refractivity contribution in [3.8, 4) is 0 Å². The number of aryl methyl sites for hydroxylation is 1. The highest BCUT2D eigenvalue weighted by Gasteiger charge is 2.25. The molecule has 6 heteroatoms. The summed E-state index contributed by atoms with van der Waals surface area (Å²) in [5.41, 5.74) is 2.80. The summed E-state index contributed by atoms with van der Waals surface area (Å²) in [7, 11) is 0. The molecule has 2 aromatic carbocycles. The maximum absolute atomic E-state index is 5.75. The zero-order valence-corrected chi connectivity index (χ0v) is 19.7. The highest BCUT2D eigenvalue weighted by molar-refractivity contribution is 5.85. The lowest BCUT2D eigenvalue weighted by atomic mass is 9.96. The lowest BCUT2D eigenvalue weighted by Gasteiger charge is -2.36. The molecule has 2 heterocycles. The van der Waals surface area contributed by atoms with E-state index in [1.807, 2.05) is 6.26 Å². The number of rotatable bonds is 9. The van der Waals surface area contributed by atoms with Crippen LogP contribution >= 0.6 is 24.8 Å². The van der Waals surface area contributed by atoms with E-state index in [-0.39, 0.29) is 24.8 Å². The molecule has 2 aliphatic rings. The van der Waals surface area contributed by atoms with Gasteiger partial charge in [0.25, 0.3) is 0 Å². The first-order chi connectivity index (χ1) is 14.4. The molecule has 1 saturated heterocycles. The van der Waals surface area contributed by atoms with Crippen LogP contribution in [-0.2, 0) is 22.3 Å². The molecule has 4 nitrogen and oxygen atoms in total. The molecular formula is C25H34Cl2N2O2. The van der Waals surface area contributed by atoms with Gasteiger partial charge in [0.2, 0.25) is 6.79 Å². The van der Waals surface area contributed by atoms with Crippen molar-refractivity contribution < 1.29 is 9.47 Å². The second-order valence-corrected chi connectivity index (χ2v) is 8.07. The summed E-state index contributed by atoms with van der Waals surface area (Å²) in [6.07, 6.45) is 5.21. The Kier molecular flexibility index (Phi) is 11.2. The van der Waals surface area contributed by atoms with Crippen LogP contribution in [0.15, 0.2) is 72.7 Å². The third-order valence-electron chi connectivity index (χ3n) is 5.95. The van der Waals surface area contributed by atoms with Crippen molar-refractivity contribution in [2.45, 2.75) is 19.3 Å². The van der Waals surface area contributed by atoms with Crippen LogP contribution in [0.25, 0.3) is 0 Å². The van der Waals surface area contributed by atoms with Crippen LogP contribution in [-0.4, -0.2) is 55.9 Å². The monoisotopic (exact) mass is 464 g/mol. The number of piperazine rings is 1. The highest BCUT2D eigenvalue weighted by atomic mass is 35.5. The molecule has 1 atom stereocenters. The quantitative estimate of drug-likeness (QED) is 0.532. The molecule has 0 bridgehead atoms. The van der Waals surface area contributed by atoms with E-state index in [1.54, 1.807) is 0 Å². The molecule has 2 aliphatic heterocycles. The minimum Gasteiger partial charge on any atom is -0.462 e. The Labute approximate surface area is 199 Å². The minimum absolute atomic E-state index is 0. The molecule has 1 fully saturated rings. The average molecular weight is 465 g/mol. The lowest BCUT2D eigenvalue weighted by molar-refractivity contribution is 0.0611. The van der Waals surface area contributed by atoms with Gasteiger partial charge in [0.05, 0.1) is 0 Å². The molecule has 170 valence electrons. The van der Waals surface area contributed by atoms with Crippen molar-refractivity contribution >= 4 is 24.8 Å². The summed E-state index contributed by atoms with van der Waals surface area (Å²) in [5.74, 6) is 1.35. The Morgan fingerprint density at radius 2 is 1.39 bits per heavy atom. The molecule has 0 N–H and O–H groups in total. The molecule has 0 saturated carbocycles. The van der Waals surface area contributed by atoms with Crippen molar-refractivity contribution in [1.29, 1.82) is 0 Å². The molecule has 31 heavy (non-hydrogen) atoms. The summed E-state index contributed by atoms with van der Waals surface area (Å²) in [6, 6.07) is 21.5. The largest absolute Gasteiger partial charge is 0.462 e. The third kappa shape index (κ3) is 8.04. The van der Waals surface area contributed by atoms with Gasteiger partial charge in [0.15, 0.2) is 0 Å². The van der Waals surface area contributed by atoms with Crippen LogP contribution in [0.1, 0.15) is 17.5 Å². The van der Waals surface area contributed by atoms with E-state index < -0.39 is 0 Å². The van der Waals surface area contributed by atoms with Crippen LogP contribution < -0.4 is 0 Å². The molecular weight excluding hydrogens is 431 g/mol. The van der Waals surface area contributed by atoms with Crippen LogP contribution in [0.4, 0.5) is 0 Å². The van der Waals surface area contributed by atoms with Gasteiger partial charge in [0.1, 0.15) is 12.0 Å². The normalized spacial score (nSPS) is 17.5. The Hall–Kier alpha value is -1.72. The Morgan fingerprint density at radius 1 is 0.774 bits per heavy atom. The maximum Gasteiger partial charge on any atom is 0.229 e. The number of benzene rings is 2. The van der Waals surface area contributed by atoms with E-state index in [4.69, 9.17) is 9.47 Å². The molecule has 4 rings (SSSR count). The number of ether oxygens (including phenoxy) is 2. The predicted molar refractivity (Wildman–Crippen MR) is 131 cm³/mol. The zero-order valence-electron chi connectivity index (χ0n) is 18.0. The second-order valence-electron chi connectivity index (χ2n) is 8.07. The van der Waals surface area contributed by atoms with Gasteiger partial charge in [-0.2, -0.15) is 0 Å². The Morgan fingerprint density at radius 3 is 2.00 bits per heavy atom. The van der Waals surface area contributed by atoms with Crippen LogP contribution in [0.5, 0.6) is 0 Å². The van der Waals surface area contributed by atoms with Crippen LogP contribution in [0.2, 0.25) is 0 Å². The lowest BCUT2D eigenvalue weighted by Crippen LogP contribution is -2.48. The fraction of sp³-hybridized carbons (Fsp3) is 0.440. The molecule has 2 aromatic rings. The first-order valence-corrected chi connectivity index (χ1v) is 10.8. The van der Waals surface area contributed by atoms with Gasteiger partial charge in [-0.1, -0.05) is 60.7 Å². The predicted octanol–water partition coefficient (Wildman–Crippen LogP) is 4.79. The topological polar surface area (TPSA) is 24.9 Å². The van der Waals surface area contributed by atoms with Crippen molar-refractivity contribution in [2.24, 2.45) is 5.92 Å². The van der Waals surface area contributed by atoms with Gasteiger partial charge in [-0.25, -0.2) is 0 Å². The highest BCUT2D eigenvalue weighted by Crippen LogP contribution is 2.23. The second kappa shape index (κ2) is 13.6. The van der Waals surface area contributed by atoms with E-state index in [0.29, 0.717) is 12.7 Å². The van der Waals surface area contributed by atoms with Crippen molar-refractivity contribution in [3.05, 3.63) is 83.8 Å². The Bertz CT molecular complexity index is 766. The molecule has 0 aliphatic carbocycles. The van der Waals surface area contributed by atoms with Gasteiger partial charge in [0, 0.05) is 38.6 Å². The summed E-state index contributed by atoms with van der Waals surface area (Å²) in [5, 5.41) is 0. The van der Waals surface area contributed by atoms with Gasteiger partial charge in [-0.3, -0.25) is 0 Å². The van der Waals surface area contributed by atoms with Crippen molar-refractivity contribution in [1.82, 2.24) is 9.80 Å². The van der Waals surface area contributed by atoms with Gasteiger partial charge < -0.3 is 19.3 Å². The van der Waals surface area contributed by atoms with Crippen LogP contribution in [0, 0.1) is 5.92 Å². The van der Waals surface area contributed by atoms with Gasteiger partial charge >= 0.3 is 0 Å². The SMILES string of the molecule is C1=C(C(Cc2ccccc2)CN2CCN(CCCc3ccccc3)CC2)OCO1.Cl.Cl. The fourth-order valence-corrected chi connectivity index (χ4v) is 4.28. The summed E-state index contributed by atoms with van der Waals surface area (Å²) < 4.78 is 11.1. The summed E-state index contributed by atoms with van der Waals surface area (Å²) in [4.78, 5) is 5.20. The first kappa shape index (κ1) is 25.5. The van der Waals surface area contributed by atoms with Crippen LogP contribution in [0.3, 0.4) is 0 Å². The number of halogens is 2. The summed E-state index contributed by atoms with van der Waals surface area (Å²) in [6.45, 7) is 7.15. The number of nitrogens with zero attached hydrogens (tertiary/aromatic N) is 2. The molecule has 1 unspecified atom stereocenters. The van der Waals surface area contributed by atoms with E-state index in [2.05, 4.69) is 70.5 Å². The standard InChI is InChI=1S/C25H32N2O2.2ClH/c1-3-8-22(9-4-1)12-7-13-26-14-16-27(17-15-26)19-24(25-20-28-21-29-25)18-23-10-5-2-6-11-23;;/h1-6,8-11,20,24H,7,12-19,21H2;2*1H. The fourth-order valence-electron chi connectivity index (χ4n) is 4.28. The van der Waals surface area contributed by atoms with Crippen molar-refractivity contribution in [3.63, 3.8) is 0 Å². The smallest absolute Gasteiger partial charge is 0.229 e. The van der Waals surface area contributed by atoms with E-state index in [9.17, 15) is 0 Å². The van der Waals surface area contributed by atoms with E-state index >= 15 is 0 Å². The molecule has 0 amide bonds. The molecule has 0 aromatic heterocycles. The first-order valence-electron chi connectivity index (χ1n) is 10.8.